The highest BCUT2D eigenvalue weighted by molar-refractivity contribution is 6.63. The summed E-state index contributed by atoms with van der Waals surface area (Å²) in [7, 11) is 0. The van der Waals surface area contributed by atoms with Gasteiger partial charge < -0.3 is 19.7 Å². The molecular weight excluding hydrogens is 684 g/mol. The van der Waals surface area contributed by atoms with E-state index in [-0.39, 0.29) is 23.4 Å². The van der Waals surface area contributed by atoms with Gasteiger partial charge in [0.1, 0.15) is 0 Å². The average Bonchev–Trinajstić information content (AvgIpc) is 3.57. The predicted molar refractivity (Wildman–Crippen MR) is 217 cm³/mol. The highest BCUT2D eigenvalue weighted by atomic mass is 35.5. The lowest BCUT2D eigenvalue weighted by Crippen LogP contribution is -2.42. The van der Waals surface area contributed by atoms with Crippen LogP contribution in [0.3, 0.4) is 0 Å². The second-order valence-electron chi connectivity index (χ2n) is 13.3. The molecule has 2 heterocycles. The Labute approximate surface area is 322 Å². The Balaban J connectivity index is 0.000000212. The zero-order valence-electron chi connectivity index (χ0n) is 31.5. The van der Waals surface area contributed by atoms with E-state index in [1.165, 1.54) is 11.1 Å². The Morgan fingerprint density at radius 3 is 1.62 bits per heavy atom. The number of benzene rings is 4. The Hall–Kier alpha value is -4.05. The second kappa shape index (κ2) is 24.3. The van der Waals surface area contributed by atoms with Gasteiger partial charge in [-0.05, 0) is 59.8 Å². The van der Waals surface area contributed by atoms with Crippen LogP contribution in [-0.2, 0) is 32.2 Å². The van der Waals surface area contributed by atoms with Gasteiger partial charge in [-0.1, -0.05) is 111 Å². The maximum absolute atomic E-state index is 12.5. The molecule has 0 spiro atoms. The molecule has 2 unspecified atom stereocenters. The van der Waals surface area contributed by atoms with Gasteiger partial charge in [0, 0.05) is 83.2 Å². The maximum atomic E-state index is 12.5. The minimum Gasteiger partial charge on any atom is -0.382 e. The van der Waals surface area contributed by atoms with Crippen LogP contribution in [0, 0.1) is 0 Å². The molecule has 284 valence electrons. The van der Waals surface area contributed by atoms with Crippen LogP contribution in [0.1, 0.15) is 50.7 Å². The molecule has 6 rings (SSSR count). The first-order valence-electron chi connectivity index (χ1n) is 19.0. The van der Waals surface area contributed by atoms with E-state index in [1.807, 2.05) is 54.3 Å². The molecule has 4 aromatic rings. The third-order valence-electron chi connectivity index (χ3n) is 9.01. The van der Waals surface area contributed by atoms with Crippen molar-refractivity contribution < 1.29 is 19.1 Å². The number of nitrogens with one attached hydrogen (secondary N) is 1. The molecule has 0 bridgehead atoms. The summed E-state index contributed by atoms with van der Waals surface area (Å²) in [6.45, 7) is 12.6. The normalized spacial score (nSPS) is 17.8. The number of rotatable bonds is 12. The number of anilines is 2. The number of amides is 1. The number of hydrogen-bond donors (Lipinski definition) is 1. The first-order valence-corrected chi connectivity index (χ1v) is 19.4. The summed E-state index contributed by atoms with van der Waals surface area (Å²) < 4.78 is 12.1. The number of hydrogen-bond acceptors (Lipinski definition) is 7. The van der Waals surface area contributed by atoms with E-state index >= 15 is 0 Å². The summed E-state index contributed by atoms with van der Waals surface area (Å²) in [6.07, 6.45) is 3.32. The summed E-state index contributed by atoms with van der Waals surface area (Å²) in [5.41, 5.74) is 4.80. The zero-order chi connectivity index (χ0) is 37.5. The fraction of sp³-hybridized carbons (Fsp3) is 0.409. The van der Waals surface area contributed by atoms with Crippen LogP contribution in [0.2, 0.25) is 0 Å². The van der Waals surface area contributed by atoms with Gasteiger partial charge in [-0.3, -0.25) is 19.4 Å². The van der Waals surface area contributed by atoms with Gasteiger partial charge in [-0.2, -0.15) is 0 Å². The second-order valence-corrected chi connectivity index (χ2v) is 13.7. The summed E-state index contributed by atoms with van der Waals surface area (Å²) in [4.78, 5) is 28.9. The third kappa shape index (κ3) is 16.2. The topological polar surface area (TPSA) is 74.4 Å². The standard InChI is InChI=1S/C22H28N2O2.C19H24N2O.C3H5ClO/c1-2-22(25)24(20-12-7-4-8-13-20)18-21-17-23(14-9-15-26-21)16-19-10-5-3-6-11-19;1-3-8-17(9-4-1)15-21-12-7-13-22-19(16-21)14-20-18-10-5-2-6-11-18;1-2-3(4)5/h3-8,10-13,21H,2,9,14-18H2,1H3;1-6,8-11,19-20H,7,12-16H2;2H2,1H3. The van der Waals surface area contributed by atoms with Crippen LogP contribution in [0.15, 0.2) is 121 Å². The van der Waals surface area contributed by atoms with Gasteiger partial charge in [0.15, 0.2) is 0 Å². The molecule has 0 saturated carbocycles. The van der Waals surface area contributed by atoms with Crippen LogP contribution in [0.4, 0.5) is 11.4 Å². The number of nitrogens with zero attached hydrogens (tertiary/aromatic N) is 3. The van der Waals surface area contributed by atoms with E-state index in [4.69, 9.17) is 21.1 Å². The molecule has 1 amide bonds. The van der Waals surface area contributed by atoms with Crippen molar-refractivity contribution in [2.75, 3.05) is 62.7 Å². The van der Waals surface area contributed by atoms with E-state index < -0.39 is 0 Å². The van der Waals surface area contributed by atoms with Gasteiger partial charge in [-0.25, -0.2) is 0 Å². The van der Waals surface area contributed by atoms with Crippen molar-refractivity contribution in [1.29, 1.82) is 0 Å². The van der Waals surface area contributed by atoms with Crippen molar-refractivity contribution in [1.82, 2.24) is 9.80 Å². The number of carbonyl (C=O) groups is 2. The van der Waals surface area contributed by atoms with Gasteiger partial charge in [0.2, 0.25) is 11.1 Å². The van der Waals surface area contributed by atoms with Crippen LogP contribution < -0.4 is 10.2 Å². The quantitative estimate of drug-likeness (QED) is 0.147. The molecule has 1 N–H and O–H groups in total. The predicted octanol–water partition coefficient (Wildman–Crippen LogP) is 8.27. The van der Waals surface area contributed by atoms with Gasteiger partial charge in [0.05, 0.1) is 18.8 Å². The zero-order valence-corrected chi connectivity index (χ0v) is 32.2. The van der Waals surface area contributed by atoms with E-state index in [9.17, 15) is 9.59 Å². The minimum atomic E-state index is -0.273. The van der Waals surface area contributed by atoms with E-state index in [0.717, 1.165) is 83.2 Å². The maximum Gasteiger partial charge on any atom is 0.226 e. The molecule has 4 aromatic carbocycles. The van der Waals surface area contributed by atoms with Crippen LogP contribution in [0.25, 0.3) is 0 Å². The molecule has 9 heteroatoms. The molecular formula is C44H57ClN4O4. The minimum absolute atomic E-state index is 0.0249. The Kier molecular flexibility index (Phi) is 19.1. The molecule has 0 radical (unpaired) electrons. The Morgan fingerprint density at radius 2 is 1.13 bits per heavy atom. The molecule has 0 aliphatic carbocycles. The number of para-hydroxylation sites is 2. The van der Waals surface area contributed by atoms with Crippen molar-refractivity contribution >= 4 is 34.1 Å². The van der Waals surface area contributed by atoms with Crippen LogP contribution >= 0.6 is 11.6 Å². The number of carbonyl (C=O) groups excluding carboxylic acids is 2. The Morgan fingerprint density at radius 1 is 0.679 bits per heavy atom. The molecule has 2 fully saturated rings. The molecule has 8 nitrogen and oxygen atoms in total. The highest BCUT2D eigenvalue weighted by Crippen LogP contribution is 2.19. The molecule has 2 atom stereocenters. The van der Waals surface area contributed by atoms with Gasteiger partial charge in [0.25, 0.3) is 0 Å². The SMILES string of the molecule is CCC(=O)Cl.CCC(=O)N(CC1CN(Cc2ccccc2)CCCO1)c1ccccc1.c1ccc(CN2CCCOC(CNc3ccccc3)C2)cc1. The fourth-order valence-corrected chi connectivity index (χ4v) is 6.29. The van der Waals surface area contributed by atoms with E-state index in [2.05, 4.69) is 94.0 Å². The van der Waals surface area contributed by atoms with Crippen molar-refractivity contribution in [3.8, 4) is 0 Å². The summed E-state index contributed by atoms with van der Waals surface area (Å²) in [5, 5.41) is 3.20. The number of ether oxygens (including phenoxy) is 2. The smallest absolute Gasteiger partial charge is 0.226 e. The first-order chi connectivity index (χ1) is 25.9. The van der Waals surface area contributed by atoms with E-state index in [0.29, 0.717) is 19.4 Å². The largest absolute Gasteiger partial charge is 0.382 e. The monoisotopic (exact) mass is 740 g/mol. The van der Waals surface area contributed by atoms with Crippen LogP contribution in [0.5, 0.6) is 0 Å². The van der Waals surface area contributed by atoms with Crippen molar-refractivity contribution in [3.05, 3.63) is 132 Å². The molecule has 2 aliphatic heterocycles. The van der Waals surface area contributed by atoms with E-state index in [1.54, 1.807) is 6.92 Å². The van der Waals surface area contributed by atoms with Gasteiger partial charge >= 0.3 is 0 Å². The summed E-state index contributed by atoms with van der Waals surface area (Å²) in [5.74, 6) is 0.138. The van der Waals surface area contributed by atoms with Crippen molar-refractivity contribution in [2.45, 2.75) is 64.8 Å². The highest BCUT2D eigenvalue weighted by Gasteiger charge is 2.24. The average molecular weight is 741 g/mol. The number of halogens is 1. The molecule has 2 aliphatic rings. The molecule has 0 aromatic heterocycles. The lowest BCUT2D eigenvalue weighted by atomic mass is 10.2. The van der Waals surface area contributed by atoms with Crippen molar-refractivity contribution in [2.24, 2.45) is 0 Å². The summed E-state index contributed by atoms with van der Waals surface area (Å²) >= 11 is 4.82. The fourth-order valence-electron chi connectivity index (χ4n) is 6.29. The lowest BCUT2D eigenvalue weighted by molar-refractivity contribution is -0.118. The van der Waals surface area contributed by atoms with Crippen molar-refractivity contribution in [3.63, 3.8) is 0 Å². The first kappa shape index (κ1) is 41.7. The van der Waals surface area contributed by atoms with Crippen LogP contribution in [-0.4, -0.2) is 85.6 Å². The molecule has 2 saturated heterocycles. The third-order valence-corrected chi connectivity index (χ3v) is 9.28. The Bertz CT molecular complexity index is 1570. The summed E-state index contributed by atoms with van der Waals surface area (Å²) in [6, 6.07) is 41.5. The van der Waals surface area contributed by atoms with Gasteiger partial charge in [-0.15, -0.1) is 0 Å². The molecule has 53 heavy (non-hydrogen) atoms. The lowest BCUT2D eigenvalue weighted by Gasteiger charge is -2.29.